The van der Waals surface area contributed by atoms with Crippen LogP contribution >= 0.6 is 11.6 Å². The lowest BCUT2D eigenvalue weighted by Crippen LogP contribution is -2.54. The van der Waals surface area contributed by atoms with E-state index >= 15 is 0 Å². The average Bonchev–Trinajstić information content (AvgIpc) is 2.35. The largest absolute Gasteiger partial charge is 0.324 e. The molecule has 2 N–H and O–H groups in total. The van der Waals surface area contributed by atoms with E-state index in [0.717, 1.165) is 30.9 Å². The first-order valence-corrected chi connectivity index (χ1v) is 6.43. The number of nitrogens with one attached hydrogen (secondary N) is 2. The summed E-state index contributed by atoms with van der Waals surface area (Å²) in [5.41, 5.74) is 1.68. The highest BCUT2D eigenvalue weighted by molar-refractivity contribution is 6.31. The number of likely N-dealkylation sites (N-methyl/N-ethyl adjacent to an activating group) is 1. The molecule has 0 spiro atoms. The highest BCUT2D eigenvalue weighted by Gasteiger charge is 2.23. The highest BCUT2D eigenvalue weighted by atomic mass is 35.5. The third-order valence-corrected chi connectivity index (χ3v) is 3.63. The van der Waals surface area contributed by atoms with Crippen molar-refractivity contribution in [3.05, 3.63) is 28.8 Å². The fourth-order valence-electron chi connectivity index (χ4n) is 2.04. The van der Waals surface area contributed by atoms with Gasteiger partial charge in [-0.15, -0.1) is 0 Å². The second-order valence-electron chi connectivity index (χ2n) is 4.67. The number of halogens is 1. The molecule has 0 aliphatic carbocycles. The molecule has 1 aliphatic rings. The van der Waals surface area contributed by atoms with Gasteiger partial charge >= 0.3 is 0 Å². The van der Waals surface area contributed by atoms with Crippen LogP contribution in [-0.4, -0.2) is 43.5 Å². The van der Waals surface area contributed by atoms with Gasteiger partial charge in [0.1, 0.15) is 0 Å². The van der Waals surface area contributed by atoms with Crippen molar-refractivity contribution in [3.63, 3.8) is 0 Å². The van der Waals surface area contributed by atoms with Gasteiger partial charge in [-0.05, 0) is 31.7 Å². The van der Waals surface area contributed by atoms with Gasteiger partial charge in [0.05, 0.1) is 6.04 Å². The molecule has 1 aliphatic heterocycles. The minimum Gasteiger partial charge on any atom is -0.324 e. The minimum absolute atomic E-state index is 0.00748. The van der Waals surface area contributed by atoms with Crippen LogP contribution in [0.1, 0.15) is 5.56 Å². The maximum absolute atomic E-state index is 12.1. The number of hydrogen-bond acceptors (Lipinski definition) is 3. The van der Waals surface area contributed by atoms with E-state index in [1.54, 1.807) is 0 Å². The summed E-state index contributed by atoms with van der Waals surface area (Å²) in [4.78, 5) is 14.3. The number of benzene rings is 1. The lowest BCUT2D eigenvalue weighted by molar-refractivity contribution is -0.119. The van der Waals surface area contributed by atoms with Gasteiger partial charge < -0.3 is 15.5 Å². The van der Waals surface area contributed by atoms with Crippen molar-refractivity contribution in [1.82, 2.24) is 10.2 Å². The molecule has 98 valence electrons. The van der Waals surface area contributed by atoms with E-state index in [1.165, 1.54) is 0 Å². The first kappa shape index (κ1) is 13.3. The van der Waals surface area contributed by atoms with Crippen molar-refractivity contribution < 1.29 is 4.79 Å². The predicted molar refractivity (Wildman–Crippen MR) is 74.1 cm³/mol. The maximum atomic E-state index is 12.1. The van der Waals surface area contributed by atoms with Crippen LogP contribution in [0.15, 0.2) is 18.2 Å². The smallest absolute Gasteiger partial charge is 0.242 e. The summed E-state index contributed by atoms with van der Waals surface area (Å²) >= 11 is 6.03. The quantitative estimate of drug-likeness (QED) is 0.853. The first-order valence-electron chi connectivity index (χ1n) is 6.06. The number of carbonyl (C=O) groups is 1. The van der Waals surface area contributed by atoms with Gasteiger partial charge in [-0.2, -0.15) is 0 Å². The summed E-state index contributed by atoms with van der Waals surface area (Å²) < 4.78 is 0. The van der Waals surface area contributed by atoms with E-state index in [9.17, 15) is 4.79 Å². The molecule has 1 fully saturated rings. The second-order valence-corrected chi connectivity index (χ2v) is 5.08. The van der Waals surface area contributed by atoms with Crippen LogP contribution in [0.5, 0.6) is 0 Å². The molecule has 1 atom stereocenters. The van der Waals surface area contributed by atoms with Crippen LogP contribution in [0.2, 0.25) is 5.02 Å². The lowest BCUT2D eigenvalue weighted by atomic mass is 10.1. The van der Waals surface area contributed by atoms with Gasteiger partial charge in [0.15, 0.2) is 0 Å². The van der Waals surface area contributed by atoms with Crippen molar-refractivity contribution in [2.75, 3.05) is 32.0 Å². The molecule has 1 unspecified atom stereocenters. The van der Waals surface area contributed by atoms with Crippen LogP contribution < -0.4 is 10.6 Å². The Hall–Kier alpha value is -1.10. The molecule has 2 rings (SSSR count). The number of hydrogen-bond donors (Lipinski definition) is 2. The van der Waals surface area contributed by atoms with Crippen LogP contribution in [-0.2, 0) is 4.79 Å². The molecule has 0 saturated carbocycles. The highest BCUT2D eigenvalue weighted by Crippen LogP contribution is 2.23. The zero-order chi connectivity index (χ0) is 13.1. The number of piperazine rings is 1. The van der Waals surface area contributed by atoms with E-state index < -0.39 is 0 Å². The van der Waals surface area contributed by atoms with Crippen molar-refractivity contribution in [2.24, 2.45) is 0 Å². The normalized spacial score (nSPS) is 20.7. The van der Waals surface area contributed by atoms with Gasteiger partial charge in [0.25, 0.3) is 0 Å². The standard InChI is InChI=1S/C13H18ClN3O/c1-9-10(14)4-3-5-11(9)16-13(18)12-8-17(2)7-6-15-12/h3-5,12,15H,6-8H2,1-2H3,(H,16,18). The summed E-state index contributed by atoms with van der Waals surface area (Å²) in [6, 6.07) is 5.36. The Morgan fingerprint density at radius 3 is 3.06 bits per heavy atom. The van der Waals surface area contributed by atoms with Crippen molar-refractivity contribution in [1.29, 1.82) is 0 Å². The molecule has 4 nitrogen and oxygen atoms in total. The molecule has 1 amide bonds. The van der Waals surface area contributed by atoms with Crippen molar-refractivity contribution in [2.45, 2.75) is 13.0 Å². The molecular formula is C13H18ClN3O. The third-order valence-electron chi connectivity index (χ3n) is 3.22. The molecule has 5 heteroatoms. The van der Waals surface area contributed by atoms with E-state index in [4.69, 9.17) is 11.6 Å². The molecule has 0 radical (unpaired) electrons. The Bertz CT molecular complexity index is 450. The Morgan fingerprint density at radius 1 is 1.56 bits per heavy atom. The molecule has 1 aromatic rings. The van der Waals surface area contributed by atoms with E-state index in [-0.39, 0.29) is 11.9 Å². The summed E-state index contributed by atoms with van der Waals surface area (Å²) in [7, 11) is 2.02. The number of nitrogens with zero attached hydrogens (tertiary/aromatic N) is 1. The zero-order valence-corrected chi connectivity index (χ0v) is 11.4. The molecule has 1 saturated heterocycles. The van der Waals surface area contributed by atoms with Gasteiger partial charge in [0.2, 0.25) is 5.91 Å². The molecular weight excluding hydrogens is 250 g/mol. The van der Waals surface area contributed by atoms with Gasteiger partial charge in [-0.3, -0.25) is 4.79 Å². The molecule has 0 bridgehead atoms. The maximum Gasteiger partial charge on any atom is 0.242 e. The number of rotatable bonds is 2. The summed E-state index contributed by atoms with van der Waals surface area (Å²) in [6.07, 6.45) is 0. The van der Waals surface area contributed by atoms with E-state index in [0.29, 0.717) is 5.02 Å². The summed E-state index contributed by atoms with van der Waals surface area (Å²) in [5.74, 6) is -0.00748. The van der Waals surface area contributed by atoms with Crippen LogP contribution in [0.4, 0.5) is 5.69 Å². The molecule has 1 aromatic carbocycles. The van der Waals surface area contributed by atoms with Crippen LogP contribution in [0, 0.1) is 6.92 Å². The fraction of sp³-hybridized carbons (Fsp3) is 0.462. The molecule has 0 aromatic heterocycles. The lowest BCUT2D eigenvalue weighted by Gasteiger charge is -2.30. The Kier molecular flexibility index (Phi) is 4.22. The third kappa shape index (κ3) is 3.02. The van der Waals surface area contributed by atoms with E-state index in [2.05, 4.69) is 15.5 Å². The monoisotopic (exact) mass is 267 g/mol. The Morgan fingerprint density at radius 2 is 2.33 bits per heavy atom. The topological polar surface area (TPSA) is 44.4 Å². The summed E-state index contributed by atoms with van der Waals surface area (Å²) in [5, 5.41) is 6.81. The van der Waals surface area contributed by atoms with Crippen molar-refractivity contribution >= 4 is 23.2 Å². The number of amides is 1. The first-order chi connectivity index (χ1) is 8.58. The van der Waals surface area contributed by atoms with E-state index in [1.807, 2.05) is 32.2 Å². The fourth-order valence-corrected chi connectivity index (χ4v) is 2.21. The zero-order valence-electron chi connectivity index (χ0n) is 10.7. The Balaban J connectivity index is 2.04. The van der Waals surface area contributed by atoms with Gasteiger partial charge in [0, 0.05) is 30.3 Å². The number of anilines is 1. The van der Waals surface area contributed by atoms with Gasteiger partial charge in [-0.1, -0.05) is 17.7 Å². The van der Waals surface area contributed by atoms with Gasteiger partial charge in [-0.25, -0.2) is 0 Å². The second kappa shape index (κ2) is 5.69. The molecule has 1 heterocycles. The number of carbonyl (C=O) groups excluding carboxylic acids is 1. The summed E-state index contributed by atoms with van der Waals surface area (Å²) in [6.45, 7) is 4.44. The van der Waals surface area contributed by atoms with Crippen LogP contribution in [0.3, 0.4) is 0 Å². The van der Waals surface area contributed by atoms with Crippen molar-refractivity contribution in [3.8, 4) is 0 Å². The molecule has 18 heavy (non-hydrogen) atoms. The predicted octanol–water partition coefficient (Wildman–Crippen LogP) is 1.49. The minimum atomic E-state index is -0.165. The average molecular weight is 268 g/mol. The SMILES string of the molecule is Cc1c(Cl)cccc1NC(=O)C1CN(C)CCN1. The van der Waals surface area contributed by atoms with Crippen LogP contribution in [0.25, 0.3) is 0 Å². The Labute approximate surface area is 112 Å².